The number of azo groups is 3. The number of carboxylic acid groups (broad SMARTS) is 1. The van der Waals surface area contributed by atoms with Gasteiger partial charge in [0.15, 0.2) is 5.75 Å². The summed E-state index contributed by atoms with van der Waals surface area (Å²) in [5.41, 5.74) is 5.28. The molecule has 0 saturated heterocycles. The first-order chi connectivity index (χ1) is 28.4. The third-order valence-corrected chi connectivity index (χ3v) is 10.5. The van der Waals surface area contributed by atoms with Crippen molar-refractivity contribution < 1.29 is 71.2 Å². The van der Waals surface area contributed by atoms with Crippen LogP contribution in [-0.4, -0.2) is 64.9 Å². The minimum atomic E-state index is -4.86. The highest BCUT2D eigenvalue weighted by Gasteiger charge is 2.28. The lowest BCUT2D eigenvalue weighted by molar-refractivity contribution is -0.432. The van der Waals surface area contributed by atoms with Crippen LogP contribution in [0.15, 0.2) is 124 Å². The largest absolute Gasteiger partial charge is 0.507 e. The van der Waals surface area contributed by atoms with E-state index in [0.29, 0.717) is 39.5 Å². The van der Waals surface area contributed by atoms with E-state index < -0.39 is 65.1 Å². The molecule has 0 aliphatic heterocycles. The number of benzene rings is 6. The monoisotopic (exact) mass is 883 g/mol. The highest BCUT2D eigenvalue weighted by atomic mass is 32.3. The molecule has 6 aromatic carbocycles. The lowest BCUT2D eigenvalue weighted by Crippen LogP contribution is -2.01. The van der Waals surface area contributed by atoms with Gasteiger partial charge < -0.3 is 44.6 Å². The van der Waals surface area contributed by atoms with Crippen molar-refractivity contribution in [2.45, 2.75) is 21.6 Å². The van der Waals surface area contributed by atoms with Gasteiger partial charge in [-0.05, 0) is 66.9 Å². The molecule has 0 amide bonds. The summed E-state index contributed by atoms with van der Waals surface area (Å²) in [7, 11) is -9.57. The summed E-state index contributed by atoms with van der Waals surface area (Å²) in [6.07, 6.45) is 0. The number of phenols is 3. The molecular weight excluding hydrogens is 855 g/mol. The number of anilines is 1. The topological polar surface area (TPSA) is 361 Å². The van der Waals surface area contributed by atoms with Gasteiger partial charge >= 0.3 is 5.97 Å². The summed E-state index contributed by atoms with van der Waals surface area (Å²) >= 11 is 0.671. The summed E-state index contributed by atoms with van der Waals surface area (Å²) in [5, 5.41) is 79.1. The average Bonchev–Trinajstić information content (AvgIpc) is 3.18. The lowest BCUT2D eigenvalue weighted by atomic mass is 10.1. The molecule has 0 bridgehead atoms. The number of fused-ring (bicyclic) bond motifs is 2. The van der Waals surface area contributed by atoms with Crippen molar-refractivity contribution in [3.63, 3.8) is 0 Å². The lowest BCUT2D eigenvalue weighted by Gasteiger charge is -2.22. The van der Waals surface area contributed by atoms with E-state index in [9.17, 15) is 51.8 Å². The van der Waals surface area contributed by atoms with Gasteiger partial charge in [-0.1, -0.05) is 11.1 Å². The number of nitrogens with two attached hydrogens (primary N) is 1. The van der Waals surface area contributed by atoms with Crippen molar-refractivity contribution in [3.8, 4) is 23.0 Å². The van der Waals surface area contributed by atoms with E-state index >= 15 is 0 Å². The molecule has 0 unspecified atom stereocenters. The van der Waals surface area contributed by atoms with Gasteiger partial charge in [-0.3, -0.25) is 4.55 Å². The third-order valence-electron chi connectivity index (χ3n) is 8.22. The number of hydrogen-bond acceptors (Lipinski definition) is 21. The van der Waals surface area contributed by atoms with Crippen LogP contribution in [0.1, 0.15) is 17.3 Å². The van der Waals surface area contributed by atoms with E-state index in [1.807, 2.05) is 0 Å². The van der Waals surface area contributed by atoms with Crippen LogP contribution in [0, 0.1) is 0 Å². The Balaban J connectivity index is 1.39. The fourth-order valence-electron chi connectivity index (χ4n) is 5.56. The summed E-state index contributed by atoms with van der Waals surface area (Å²) in [6, 6.07) is 16.6. The predicted octanol–water partition coefficient (Wildman–Crippen LogP) is 10.3. The molecule has 11 N–H and O–H groups in total. The quantitative estimate of drug-likeness (QED) is 0.0121. The predicted molar refractivity (Wildman–Crippen MR) is 215 cm³/mol. The Morgan fingerprint density at radius 1 is 0.750 bits per heavy atom. The van der Waals surface area contributed by atoms with Crippen molar-refractivity contribution in [1.82, 2.24) is 0 Å². The van der Waals surface area contributed by atoms with Crippen molar-refractivity contribution in [2.24, 2.45) is 30.7 Å². The van der Waals surface area contributed by atoms with Crippen LogP contribution < -0.4 is 10.5 Å². The number of rotatable bonds is 14. The van der Waals surface area contributed by atoms with Crippen LogP contribution in [0.3, 0.4) is 0 Å². The number of phenolic OH excluding ortho intramolecular Hbond substituents is 3. The Morgan fingerprint density at radius 3 is 2.10 bits per heavy atom. The van der Waals surface area contributed by atoms with Gasteiger partial charge in [0, 0.05) is 39.6 Å². The number of hydrogen-bond donors (Lipinski definition) is 10. The van der Waals surface area contributed by atoms with Gasteiger partial charge in [0.25, 0.3) is 10.1 Å². The zero-order valence-corrected chi connectivity index (χ0v) is 32.6. The fourth-order valence-corrected chi connectivity index (χ4v) is 7.18. The molecule has 6 rings (SSSR count). The smallest absolute Gasteiger partial charge is 0.337 e. The summed E-state index contributed by atoms with van der Waals surface area (Å²) in [5.74, 6) is -3.65. The maximum atomic E-state index is 11.7. The maximum Gasteiger partial charge on any atom is 0.337 e. The zero-order chi connectivity index (χ0) is 43.5. The van der Waals surface area contributed by atoms with E-state index in [2.05, 4.69) is 40.1 Å². The first-order valence-electron chi connectivity index (χ1n) is 16.5. The molecule has 0 aliphatic rings. The number of nitrogen functional groups attached to an aromatic ring is 1. The van der Waals surface area contributed by atoms with E-state index in [1.54, 1.807) is 37.3 Å². The summed E-state index contributed by atoms with van der Waals surface area (Å²) < 4.78 is 73.5. The molecular formula is C35H29N7O15S3. The minimum Gasteiger partial charge on any atom is -0.507 e. The van der Waals surface area contributed by atoms with Gasteiger partial charge in [0.1, 0.15) is 45.2 Å². The molecule has 25 heteroatoms. The van der Waals surface area contributed by atoms with Crippen LogP contribution >= 0.6 is 22.9 Å². The SMILES string of the molecule is CCOc1cc(N=Nc2c(S(O)(O)O)cc3cc(S(=O)(=O)O)cc(O)c3c2O)c(O)cc1N=Nc1ccc(N=Nc2ccc(N)c(C(=O)O)c2)c2cc(SOOO)ccc12. The minimum absolute atomic E-state index is 0.0107. The van der Waals surface area contributed by atoms with Crippen molar-refractivity contribution in [1.29, 1.82) is 0 Å². The van der Waals surface area contributed by atoms with E-state index in [4.69, 9.17) is 15.7 Å². The molecule has 0 heterocycles. The van der Waals surface area contributed by atoms with Crippen LogP contribution in [-0.2, 0) is 19.5 Å². The van der Waals surface area contributed by atoms with Gasteiger partial charge in [-0.25, -0.2) is 10.1 Å². The van der Waals surface area contributed by atoms with Gasteiger partial charge in [-0.2, -0.15) is 13.5 Å². The second kappa shape index (κ2) is 17.4. The van der Waals surface area contributed by atoms with Crippen LogP contribution in [0.2, 0.25) is 0 Å². The first-order valence-corrected chi connectivity index (χ1v) is 20.2. The van der Waals surface area contributed by atoms with E-state index in [0.717, 1.165) is 18.2 Å². The van der Waals surface area contributed by atoms with Gasteiger partial charge in [-0.15, -0.1) is 29.9 Å². The Bertz CT molecular complexity index is 2890. The highest BCUT2D eigenvalue weighted by Crippen LogP contribution is 2.56. The normalized spacial score (nSPS) is 12.7. The number of aromatic carboxylic acids is 1. The molecule has 22 nitrogen and oxygen atoms in total. The van der Waals surface area contributed by atoms with E-state index in [-0.39, 0.29) is 51.7 Å². The van der Waals surface area contributed by atoms with Crippen LogP contribution in [0.25, 0.3) is 21.5 Å². The molecule has 0 aromatic heterocycles. The Kier molecular flexibility index (Phi) is 12.5. The second-order valence-corrected chi connectivity index (χ2v) is 15.7. The number of carboxylic acids is 1. The van der Waals surface area contributed by atoms with Crippen molar-refractivity contribution in [2.75, 3.05) is 12.3 Å². The first kappa shape index (κ1) is 43.1. The zero-order valence-electron chi connectivity index (χ0n) is 30.2. The van der Waals surface area contributed by atoms with Gasteiger partial charge in [0.2, 0.25) is 0 Å². The van der Waals surface area contributed by atoms with Crippen molar-refractivity contribution >= 4 is 100 Å². The molecule has 6 aromatic rings. The van der Waals surface area contributed by atoms with E-state index in [1.165, 1.54) is 24.3 Å². The number of carbonyl (C=O) groups is 1. The highest BCUT2D eigenvalue weighted by molar-refractivity contribution is 8.19. The van der Waals surface area contributed by atoms with Gasteiger partial charge in [0.05, 0.1) is 56.5 Å². The Morgan fingerprint density at radius 2 is 1.43 bits per heavy atom. The second-order valence-electron chi connectivity index (χ2n) is 12.1. The van der Waals surface area contributed by atoms with Crippen LogP contribution in [0.5, 0.6) is 23.0 Å². The van der Waals surface area contributed by atoms with Crippen LogP contribution in [0.4, 0.5) is 39.8 Å². The molecule has 0 saturated carbocycles. The maximum absolute atomic E-state index is 11.7. The molecule has 0 fully saturated rings. The molecule has 0 radical (unpaired) electrons. The number of ether oxygens (including phenoxy) is 1. The molecule has 0 atom stereocenters. The molecule has 60 heavy (non-hydrogen) atoms. The Hall–Kier alpha value is -6.52. The molecule has 0 aliphatic carbocycles. The summed E-state index contributed by atoms with van der Waals surface area (Å²) in [4.78, 5) is 10.3. The standard InChI is InChI=1S/C35H29N7O15S3/c1-2-55-30-15-26(40-42-33-31(60(52,53)54)10-16-9-19(59(49,50)51)13-29(44)32(16)34(33)45)28(43)14-27(30)41-39-24-7-8-25(21-12-18(58-57-56-48)4-5-20(21)24)38-37-17-3-6-23(36)22(11-17)35(46)47/h3-15,43-45,48,52-54H,2,36H2,1H3,(H,46,47)(H,49,50,51). The number of aromatic hydroxyl groups is 3. The van der Waals surface area contributed by atoms with Crippen molar-refractivity contribution in [3.05, 3.63) is 84.4 Å². The molecule has 312 valence electrons. The fraction of sp³-hybridized carbons (Fsp3) is 0.0571. The number of nitrogens with zero attached hydrogens (tertiary/aromatic N) is 6. The Labute approximate surface area is 342 Å². The average molecular weight is 884 g/mol. The third kappa shape index (κ3) is 9.35. The molecule has 0 spiro atoms. The summed E-state index contributed by atoms with van der Waals surface area (Å²) in [6.45, 7) is 1.73.